The Morgan fingerprint density at radius 2 is 2.00 bits per heavy atom. The minimum absolute atomic E-state index is 0.153. The zero-order chi connectivity index (χ0) is 22.0. The summed E-state index contributed by atoms with van der Waals surface area (Å²) < 4.78 is 5.23. The topological polar surface area (TPSA) is 101 Å². The molecule has 0 unspecified atom stereocenters. The number of nitrogens with one attached hydrogen (secondary N) is 1. The smallest absolute Gasteiger partial charge is 0.227 e. The predicted octanol–water partition coefficient (Wildman–Crippen LogP) is 4.19. The van der Waals surface area contributed by atoms with Crippen molar-refractivity contribution in [3.8, 4) is 11.3 Å². The maximum Gasteiger partial charge on any atom is 0.227 e. The minimum atomic E-state index is -0.191. The summed E-state index contributed by atoms with van der Waals surface area (Å²) in [6.45, 7) is 6.79. The lowest BCUT2D eigenvalue weighted by molar-refractivity contribution is -0.117. The summed E-state index contributed by atoms with van der Waals surface area (Å²) in [7, 11) is 0. The van der Waals surface area contributed by atoms with Gasteiger partial charge in [-0.1, -0.05) is 38.1 Å². The highest BCUT2D eigenvalue weighted by Gasteiger charge is 2.22. The van der Waals surface area contributed by atoms with E-state index in [1.165, 1.54) is 11.3 Å². The van der Waals surface area contributed by atoms with Crippen molar-refractivity contribution in [1.82, 2.24) is 15.1 Å². The fourth-order valence-corrected chi connectivity index (χ4v) is 4.00. The first-order valence-electron chi connectivity index (χ1n) is 10.3. The highest BCUT2D eigenvalue weighted by Crippen LogP contribution is 2.28. The van der Waals surface area contributed by atoms with Gasteiger partial charge in [-0.2, -0.15) is 4.98 Å². The summed E-state index contributed by atoms with van der Waals surface area (Å²) in [5.74, 6) is 1.10. The summed E-state index contributed by atoms with van der Waals surface area (Å²) >= 11 is 1.37. The van der Waals surface area contributed by atoms with Gasteiger partial charge in [0.05, 0.1) is 5.69 Å². The quantitative estimate of drug-likeness (QED) is 0.618. The molecule has 3 aromatic rings. The third kappa shape index (κ3) is 4.99. The molecule has 0 atom stereocenters. The van der Waals surface area contributed by atoms with Crippen LogP contribution in [0.4, 0.5) is 10.8 Å². The average molecular weight is 440 g/mol. The van der Waals surface area contributed by atoms with Crippen molar-refractivity contribution in [2.75, 3.05) is 16.8 Å². The van der Waals surface area contributed by atoms with Gasteiger partial charge in [0.15, 0.2) is 11.0 Å². The predicted molar refractivity (Wildman–Crippen MR) is 119 cm³/mol. The van der Waals surface area contributed by atoms with Gasteiger partial charge in [0, 0.05) is 47.9 Å². The van der Waals surface area contributed by atoms with Gasteiger partial charge in [-0.3, -0.25) is 9.59 Å². The van der Waals surface area contributed by atoms with Crippen LogP contribution in [0.5, 0.6) is 0 Å². The summed E-state index contributed by atoms with van der Waals surface area (Å²) in [5.41, 5.74) is 2.44. The summed E-state index contributed by atoms with van der Waals surface area (Å²) in [4.78, 5) is 34.8. The number of anilines is 2. The molecule has 1 aromatic carbocycles. The van der Waals surface area contributed by atoms with Crippen molar-refractivity contribution in [3.05, 3.63) is 41.4 Å². The molecule has 0 aliphatic carbocycles. The van der Waals surface area contributed by atoms with Crippen LogP contribution in [0.25, 0.3) is 11.3 Å². The Hall–Kier alpha value is -3.07. The van der Waals surface area contributed by atoms with Gasteiger partial charge in [0.2, 0.25) is 17.7 Å². The van der Waals surface area contributed by atoms with Crippen molar-refractivity contribution in [3.63, 3.8) is 0 Å². The first-order valence-corrected chi connectivity index (χ1v) is 11.2. The van der Waals surface area contributed by atoms with E-state index in [4.69, 9.17) is 4.52 Å². The number of carbonyl (C=O) groups is 2. The standard InChI is InChI=1S/C22H25N5O3S/c1-22(2,3)20-25-18(30-26-20)11-10-17(28)24-21-23-16(13-31-21)14-6-8-15(9-7-14)27-12-4-5-19(27)29/h6-9,13H,4-5,10-12H2,1-3H3,(H,23,24,28). The molecule has 4 rings (SSSR count). The van der Waals surface area contributed by atoms with Crippen molar-refractivity contribution in [2.45, 2.75) is 51.9 Å². The van der Waals surface area contributed by atoms with Gasteiger partial charge < -0.3 is 14.7 Å². The Bertz CT molecular complexity index is 1080. The Balaban J connectivity index is 1.33. The molecule has 9 heteroatoms. The number of aromatic nitrogens is 3. The molecule has 31 heavy (non-hydrogen) atoms. The van der Waals surface area contributed by atoms with E-state index in [0.717, 1.165) is 29.9 Å². The number of hydrogen-bond acceptors (Lipinski definition) is 7. The number of amides is 2. The van der Waals surface area contributed by atoms with Gasteiger partial charge in [-0.25, -0.2) is 4.98 Å². The lowest BCUT2D eigenvalue weighted by Gasteiger charge is -2.15. The molecule has 1 N–H and O–H groups in total. The van der Waals surface area contributed by atoms with Crippen LogP contribution in [0.1, 0.15) is 51.7 Å². The van der Waals surface area contributed by atoms with Crippen LogP contribution in [-0.2, 0) is 21.4 Å². The zero-order valence-corrected chi connectivity index (χ0v) is 18.7. The number of nitrogens with zero attached hydrogens (tertiary/aromatic N) is 4. The monoisotopic (exact) mass is 439 g/mol. The molecule has 162 valence electrons. The number of benzene rings is 1. The van der Waals surface area contributed by atoms with E-state index in [-0.39, 0.29) is 23.7 Å². The Kier molecular flexibility index (Phi) is 5.86. The highest BCUT2D eigenvalue weighted by molar-refractivity contribution is 7.14. The molecule has 0 spiro atoms. The maximum atomic E-state index is 12.3. The third-order valence-corrected chi connectivity index (χ3v) is 5.76. The third-order valence-electron chi connectivity index (χ3n) is 5.00. The molecule has 0 radical (unpaired) electrons. The first-order chi connectivity index (χ1) is 14.8. The summed E-state index contributed by atoms with van der Waals surface area (Å²) in [6.07, 6.45) is 2.13. The molecule has 0 saturated carbocycles. The van der Waals surface area contributed by atoms with Crippen LogP contribution >= 0.6 is 11.3 Å². The second-order valence-electron chi connectivity index (χ2n) is 8.54. The molecular weight excluding hydrogens is 414 g/mol. The van der Waals surface area contributed by atoms with Gasteiger partial charge in [-0.05, 0) is 18.6 Å². The molecule has 1 saturated heterocycles. The minimum Gasteiger partial charge on any atom is -0.339 e. The SMILES string of the molecule is CC(C)(C)c1noc(CCC(=O)Nc2nc(-c3ccc(N4CCCC4=O)cc3)cs2)n1. The second-order valence-corrected chi connectivity index (χ2v) is 9.40. The van der Waals surface area contributed by atoms with Gasteiger partial charge >= 0.3 is 0 Å². The van der Waals surface area contributed by atoms with E-state index in [0.29, 0.717) is 29.7 Å². The molecule has 8 nitrogen and oxygen atoms in total. The lowest BCUT2D eigenvalue weighted by atomic mass is 9.96. The molecule has 2 aromatic heterocycles. The van der Waals surface area contributed by atoms with E-state index >= 15 is 0 Å². The summed E-state index contributed by atoms with van der Waals surface area (Å²) in [6, 6.07) is 7.77. The van der Waals surface area contributed by atoms with Crippen molar-refractivity contribution >= 4 is 34.0 Å². The normalized spacial score (nSPS) is 14.3. The molecule has 3 heterocycles. The number of aryl methyl sites for hydroxylation is 1. The zero-order valence-electron chi connectivity index (χ0n) is 17.8. The first kappa shape index (κ1) is 21.2. The van der Waals surface area contributed by atoms with Crippen molar-refractivity contribution < 1.29 is 14.1 Å². The Morgan fingerprint density at radius 3 is 2.65 bits per heavy atom. The fraction of sp³-hybridized carbons (Fsp3) is 0.409. The Morgan fingerprint density at radius 1 is 1.23 bits per heavy atom. The Labute approximate surface area is 184 Å². The van der Waals surface area contributed by atoms with Crippen LogP contribution in [0, 0.1) is 0 Å². The summed E-state index contributed by atoms with van der Waals surface area (Å²) in [5, 5.41) is 9.24. The molecule has 2 amide bonds. The molecule has 1 aliphatic heterocycles. The van der Waals surface area contributed by atoms with Crippen LogP contribution in [0.2, 0.25) is 0 Å². The van der Waals surface area contributed by atoms with Gasteiger partial charge in [0.25, 0.3) is 0 Å². The largest absolute Gasteiger partial charge is 0.339 e. The van der Waals surface area contributed by atoms with E-state index in [9.17, 15) is 9.59 Å². The van der Waals surface area contributed by atoms with E-state index < -0.39 is 0 Å². The van der Waals surface area contributed by atoms with Crippen LogP contribution in [0.15, 0.2) is 34.2 Å². The molecular formula is C22H25N5O3S. The van der Waals surface area contributed by atoms with E-state index in [2.05, 4.69) is 20.4 Å². The van der Waals surface area contributed by atoms with Crippen LogP contribution < -0.4 is 10.2 Å². The molecule has 1 aliphatic rings. The maximum absolute atomic E-state index is 12.3. The molecule has 0 bridgehead atoms. The fourth-order valence-electron chi connectivity index (χ4n) is 3.26. The number of hydrogen-bond donors (Lipinski definition) is 1. The van der Waals surface area contributed by atoms with E-state index in [1.807, 2.05) is 55.3 Å². The van der Waals surface area contributed by atoms with Gasteiger partial charge in [0.1, 0.15) is 0 Å². The number of rotatable bonds is 6. The van der Waals surface area contributed by atoms with Crippen molar-refractivity contribution in [1.29, 1.82) is 0 Å². The van der Waals surface area contributed by atoms with Crippen LogP contribution in [-0.4, -0.2) is 33.5 Å². The molecule has 1 fully saturated rings. The number of thiazole rings is 1. The average Bonchev–Trinajstić information content (AvgIpc) is 3.47. The van der Waals surface area contributed by atoms with E-state index in [1.54, 1.807) is 0 Å². The van der Waals surface area contributed by atoms with Gasteiger partial charge in [-0.15, -0.1) is 11.3 Å². The highest BCUT2D eigenvalue weighted by atomic mass is 32.1. The van der Waals surface area contributed by atoms with Crippen molar-refractivity contribution in [2.24, 2.45) is 0 Å². The lowest BCUT2D eigenvalue weighted by Crippen LogP contribution is -2.23. The van der Waals surface area contributed by atoms with Crippen LogP contribution in [0.3, 0.4) is 0 Å². The number of carbonyl (C=O) groups excluding carboxylic acids is 2. The second kappa shape index (κ2) is 8.58.